The topological polar surface area (TPSA) is 79.6 Å². The van der Waals surface area contributed by atoms with Crippen molar-refractivity contribution in [1.82, 2.24) is 4.90 Å². The maximum atomic E-state index is 11.7. The Morgan fingerprint density at radius 2 is 1.90 bits per heavy atom. The average molecular weight is 337 g/mol. The highest BCUT2D eigenvalue weighted by molar-refractivity contribution is 9.10. The minimum absolute atomic E-state index is 0.0124. The molecule has 2 rings (SSSR count). The van der Waals surface area contributed by atoms with Crippen molar-refractivity contribution in [3.8, 4) is 6.07 Å². The summed E-state index contributed by atoms with van der Waals surface area (Å²) in [5.41, 5.74) is 0.626. The van der Waals surface area contributed by atoms with E-state index in [1.54, 1.807) is 25.2 Å². The SMILES string of the molecule is CN1CC(=O)OB(c2cc(Br)ccc2C#N)OC(=O)C1. The molecule has 102 valence electrons. The summed E-state index contributed by atoms with van der Waals surface area (Å²) in [4.78, 5) is 24.8. The van der Waals surface area contributed by atoms with E-state index in [9.17, 15) is 9.59 Å². The molecule has 20 heavy (non-hydrogen) atoms. The molecular formula is C12H10BBrN2O4. The summed E-state index contributed by atoms with van der Waals surface area (Å²) in [7, 11) is 0.415. The quantitative estimate of drug-likeness (QED) is 0.674. The number of hydrogen-bond acceptors (Lipinski definition) is 6. The molecule has 1 aliphatic heterocycles. The van der Waals surface area contributed by atoms with Crippen LogP contribution >= 0.6 is 15.9 Å². The van der Waals surface area contributed by atoms with Crippen LogP contribution in [0, 0.1) is 11.3 Å². The van der Waals surface area contributed by atoms with Gasteiger partial charge in [-0.05, 0) is 25.2 Å². The van der Waals surface area contributed by atoms with Gasteiger partial charge in [-0.15, -0.1) is 0 Å². The molecule has 1 fully saturated rings. The van der Waals surface area contributed by atoms with Gasteiger partial charge in [0, 0.05) is 9.94 Å². The van der Waals surface area contributed by atoms with Gasteiger partial charge in [-0.25, -0.2) is 0 Å². The second-order valence-electron chi connectivity index (χ2n) is 4.33. The fourth-order valence-electron chi connectivity index (χ4n) is 1.79. The van der Waals surface area contributed by atoms with E-state index in [1.165, 1.54) is 4.90 Å². The number of carbonyl (C=O) groups excluding carboxylic acids is 2. The molecule has 1 aromatic carbocycles. The predicted octanol–water partition coefficient (Wildman–Crippen LogP) is 0.0478. The van der Waals surface area contributed by atoms with Crippen LogP contribution in [0.4, 0.5) is 0 Å². The Labute approximate surface area is 124 Å². The third-order valence-corrected chi connectivity index (χ3v) is 3.16. The summed E-state index contributed by atoms with van der Waals surface area (Å²) in [5.74, 6) is -1.04. The second-order valence-corrected chi connectivity index (χ2v) is 5.24. The summed E-state index contributed by atoms with van der Waals surface area (Å²) in [6.07, 6.45) is 0. The largest absolute Gasteiger partial charge is 0.637 e. The molecule has 0 radical (unpaired) electrons. The number of benzene rings is 1. The molecule has 1 saturated heterocycles. The Balaban J connectivity index is 2.35. The van der Waals surface area contributed by atoms with Crippen LogP contribution in [0.15, 0.2) is 22.7 Å². The van der Waals surface area contributed by atoms with E-state index in [0.717, 1.165) is 0 Å². The molecule has 1 aliphatic rings. The number of hydrogen-bond donors (Lipinski definition) is 0. The molecule has 0 aromatic heterocycles. The van der Waals surface area contributed by atoms with Crippen LogP contribution in [-0.2, 0) is 18.9 Å². The minimum atomic E-state index is -1.20. The van der Waals surface area contributed by atoms with E-state index in [-0.39, 0.29) is 18.7 Å². The first kappa shape index (κ1) is 14.6. The molecule has 1 aromatic rings. The highest BCUT2D eigenvalue weighted by Crippen LogP contribution is 2.11. The van der Waals surface area contributed by atoms with Crippen LogP contribution in [0.1, 0.15) is 5.56 Å². The zero-order valence-corrected chi connectivity index (χ0v) is 12.2. The van der Waals surface area contributed by atoms with E-state index in [1.807, 2.05) is 6.07 Å². The molecule has 0 atom stereocenters. The minimum Gasteiger partial charge on any atom is -0.494 e. The summed E-state index contributed by atoms with van der Waals surface area (Å²) in [5, 5.41) is 9.09. The monoisotopic (exact) mass is 336 g/mol. The van der Waals surface area contributed by atoms with Gasteiger partial charge in [0.05, 0.1) is 24.7 Å². The summed E-state index contributed by atoms with van der Waals surface area (Å²) < 4.78 is 10.9. The van der Waals surface area contributed by atoms with Crippen LogP contribution in [-0.4, -0.2) is 44.1 Å². The summed E-state index contributed by atoms with van der Waals surface area (Å²) in [6.45, 7) is -0.0248. The molecule has 0 amide bonds. The van der Waals surface area contributed by atoms with Crippen molar-refractivity contribution in [2.75, 3.05) is 20.1 Å². The van der Waals surface area contributed by atoms with Crippen LogP contribution in [0.2, 0.25) is 0 Å². The predicted molar refractivity (Wildman–Crippen MR) is 73.9 cm³/mol. The van der Waals surface area contributed by atoms with Crippen molar-refractivity contribution in [3.05, 3.63) is 28.2 Å². The number of nitrogens with zero attached hydrogens (tertiary/aromatic N) is 2. The number of likely N-dealkylation sites (N-methyl/N-ethyl adjacent to an activating group) is 1. The second kappa shape index (κ2) is 6.07. The fourth-order valence-corrected chi connectivity index (χ4v) is 2.17. The molecule has 0 saturated carbocycles. The van der Waals surface area contributed by atoms with Crippen molar-refractivity contribution in [2.24, 2.45) is 0 Å². The van der Waals surface area contributed by atoms with E-state index in [4.69, 9.17) is 14.6 Å². The lowest BCUT2D eigenvalue weighted by Crippen LogP contribution is -2.48. The smallest absolute Gasteiger partial charge is 0.494 e. The lowest BCUT2D eigenvalue weighted by atomic mass is 9.75. The van der Waals surface area contributed by atoms with Crippen molar-refractivity contribution < 1.29 is 18.9 Å². The summed E-state index contributed by atoms with van der Waals surface area (Å²) in [6, 6.07) is 6.82. The van der Waals surface area contributed by atoms with E-state index in [0.29, 0.717) is 9.94 Å². The first-order chi connectivity index (χ1) is 9.49. The zero-order chi connectivity index (χ0) is 14.7. The first-order valence-corrected chi connectivity index (χ1v) is 6.56. The lowest BCUT2D eigenvalue weighted by molar-refractivity contribution is -0.145. The van der Waals surface area contributed by atoms with Gasteiger partial charge in [-0.1, -0.05) is 15.9 Å². The summed E-state index contributed by atoms with van der Waals surface area (Å²) >= 11 is 3.27. The number of halogens is 1. The molecule has 0 bridgehead atoms. The van der Waals surface area contributed by atoms with Gasteiger partial charge in [-0.3, -0.25) is 14.5 Å². The van der Waals surface area contributed by atoms with E-state index < -0.39 is 19.1 Å². The first-order valence-electron chi connectivity index (χ1n) is 5.76. The maximum absolute atomic E-state index is 11.7. The fraction of sp³-hybridized carbons (Fsp3) is 0.250. The molecule has 1 heterocycles. The third-order valence-electron chi connectivity index (χ3n) is 2.66. The van der Waals surface area contributed by atoms with Gasteiger partial charge >= 0.3 is 19.1 Å². The maximum Gasteiger partial charge on any atom is 0.637 e. The normalized spacial score (nSPS) is 16.8. The standard InChI is InChI=1S/C12H10BBrN2O4/c1-16-6-11(17)19-13(20-12(18)7-16)10-4-9(14)3-2-8(10)5-15/h2-4H,6-7H2,1H3. The van der Waals surface area contributed by atoms with E-state index in [2.05, 4.69) is 15.9 Å². The molecular weight excluding hydrogens is 327 g/mol. The van der Waals surface area contributed by atoms with Crippen LogP contribution in [0.5, 0.6) is 0 Å². The Bertz CT molecular complexity index is 582. The van der Waals surface area contributed by atoms with Gasteiger partial charge in [0.1, 0.15) is 0 Å². The van der Waals surface area contributed by atoms with Gasteiger partial charge < -0.3 is 9.31 Å². The Kier molecular flexibility index (Phi) is 4.42. The van der Waals surface area contributed by atoms with E-state index >= 15 is 0 Å². The number of nitriles is 1. The van der Waals surface area contributed by atoms with Crippen molar-refractivity contribution in [3.63, 3.8) is 0 Å². The Morgan fingerprint density at radius 3 is 2.45 bits per heavy atom. The van der Waals surface area contributed by atoms with Crippen molar-refractivity contribution in [1.29, 1.82) is 5.26 Å². The highest BCUT2D eigenvalue weighted by Gasteiger charge is 2.35. The number of rotatable bonds is 1. The molecule has 0 aliphatic carbocycles. The van der Waals surface area contributed by atoms with Gasteiger partial charge in [0.15, 0.2) is 0 Å². The molecule has 0 spiro atoms. The van der Waals surface area contributed by atoms with Gasteiger partial charge in [-0.2, -0.15) is 5.26 Å². The molecule has 0 N–H and O–H groups in total. The molecule has 0 unspecified atom stereocenters. The average Bonchev–Trinajstić information content (AvgIpc) is 2.35. The third kappa shape index (κ3) is 3.38. The molecule has 8 heteroatoms. The van der Waals surface area contributed by atoms with Crippen LogP contribution in [0.25, 0.3) is 0 Å². The van der Waals surface area contributed by atoms with Crippen molar-refractivity contribution in [2.45, 2.75) is 0 Å². The highest BCUT2D eigenvalue weighted by atomic mass is 79.9. The molecule has 6 nitrogen and oxygen atoms in total. The van der Waals surface area contributed by atoms with Crippen LogP contribution < -0.4 is 5.46 Å². The zero-order valence-electron chi connectivity index (χ0n) is 10.6. The van der Waals surface area contributed by atoms with Crippen molar-refractivity contribution >= 4 is 40.4 Å². The number of carbonyl (C=O) groups is 2. The Morgan fingerprint density at radius 1 is 1.30 bits per heavy atom. The van der Waals surface area contributed by atoms with Gasteiger partial charge in [0.2, 0.25) is 0 Å². The van der Waals surface area contributed by atoms with Gasteiger partial charge in [0.25, 0.3) is 0 Å². The van der Waals surface area contributed by atoms with Crippen LogP contribution in [0.3, 0.4) is 0 Å². The Hall–Kier alpha value is -1.85. The lowest BCUT2D eigenvalue weighted by Gasteiger charge is -2.23.